The summed E-state index contributed by atoms with van der Waals surface area (Å²) in [7, 11) is -0.733. The van der Waals surface area contributed by atoms with Crippen LogP contribution in [0.25, 0.3) is 0 Å². The van der Waals surface area contributed by atoms with E-state index in [4.69, 9.17) is 5.73 Å². The Morgan fingerprint density at radius 2 is 2.00 bits per heavy atom. The molecule has 6 nitrogen and oxygen atoms in total. The molecule has 7 heteroatoms. The summed E-state index contributed by atoms with van der Waals surface area (Å²) in [5.41, 5.74) is 6.57. The van der Waals surface area contributed by atoms with E-state index in [0.29, 0.717) is 24.6 Å². The molecule has 1 aliphatic rings. The van der Waals surface area contributed by atoms with Crippen molar-refractivity contribution < 1.29 is 9.13 Å². The Hall–Kier alpha value is -1.63. The summed E-state index contributed by atoms with van der Waals surface area (Å²) >= 11 is 0. The molecular weight excluding hydrogens is 242 g/mol. The topological polar surface area (TPSA) is 89.5 Å². The number of anilines is 2. The van der Waals surface area contributed by atoms with Gasteiger partial charge in [-0.05, 0) is 12.1 Å². The highest BCUT2D eigenvalue weighted by molar-refractivity contribution is 7.85. The zero-order valence-corrected chi connectivity index (χ0v) is 9.98. The highest BCUT2D eigenvalue weighted by atomic mass is 32.2. The molecule has 0 saturated carbocycles. The monoisotopic (exact) mass is 255 g/mol. The normalized spacial score (nSPS) is 17.1. The van der Waals surface area contributed by atoms with Gasteiger partial charge in [0.05, 0.1) is 4.92 Å². The van der Waals surface area contributed by atoms with Crippen LogP contribution in [-0.4, -0.2) is 33.7 Å². The van der Waals surface area contributed by atoms with Gasteiger partial charge in [-0.3, -0.25) is 14.3 Å². The molecule has 0 unspecified atom stereocenters. The van der Waals surface area contributed by atoms with Gasteiger partial charge in [-0.15, -0.1) is 0 Å². The van der Waals surface area contributed by atoms with Crippen molar-refractivity contribution in [3.8, 4) is 0 Å². The largest absolute Gasteiger partial charge is 0.393 e. The molecule has 0 amide bonds. The number of nitro benzene ring substituents is 1. The minimum Gasteiger partial charge on any atom is -0.393 e. The van der Waals surface area contributed by atoms with Crippen molar-refractivity contribution in [1.82, 2.24) is 0 Å². The van der Waals surface area contributed by atoms with E-state index in [1.54, 1.807) is 12.1 Å². The van der Waals surface area contributed by atoms with E-state index in [2.05, 4.69) is 0 Å². The van der Waals surface area contributed by atoms with Crippen molar-refractivity contribution in [2.24, 2.45) is 0 Å². The number of rotatable bonds is 2. The van der Waals surface area contributed by atoms with Crippen LogP contribution in [0, 0.1) is 10.1 Å². The lowest BCUT2D eigenvalue weighted by Crippen LogP contribution is -2.37. The summed E-state index contributed by atoms with van der Waals surface area (Å²) in [6, 6.07) is 4.70. The molecule has 0 aromatic heterocycles. The van der Waals surface area contributed by atoms with Gasteiger partial charge >= 0.3 is 0 Å². The molecule has 17 heavy (non-hydrogen) atoms. The van der Waals surface area contributed by atoms with Crippen LogP contribution in [0.5, 0.6) is 0 Å². The molecule has 1 aromatic rings. The van der Waals surface area contributed by atoms with Crippen LogP contribution >= 0.6 is 0 Å². The van der Waals surface area contributed by atoms with Gasteiger partial charge in [0.25, 0.3) is 5.69 Å². The highest BCUT2D eigenvalue weighted by Crippen LogP contribution is 2.27. The van der Waals surface area contributed by atoms with Gasteiger partial charge in [-0.25, -0.2) is 0 Å². The van der Waals surface area contributed by atoms with E-state index < -0.39 is 15.7 Å². The third kappa shape index (κ3) is 2.55. The van der Waals surface area contributed by atoms with Gasteiger partial charge in [0.15, 0.2) is 0 Å². The van der Waals surface area contributed by atoms with Crippen molar-refractivity contribution in [2.75, 3.05) is 35.2 Å². The van der Waals surface area contributed by atoms with E-state index in [1.165, 1.54) is 6.07 Å². The Morgan fingerprint density at radius 1 is 1.35 bits per heavy atom. The molecule has 0 aliphatic carbocycles. The quantitative estimate of drug-likeness (QED) is 0.478. The summed E-state index contributed by atoms with van der Waals surface area (Å²) < 4.78 is 11.2. The lowest BCUT2D eigenvalue weighted by atomic mass is 10.2. The summed E-state index contributed by atoms with van der Waals surface area (Å²) in [6.45, 7) is 1.40. The van der Waals surface area contributed by atoms with Crippen LogP contribution in [-0.2, 0) is 10.8 Å². The number of hydrogen-bond acceptors (Lipinski definition) is 5. The fourth-order valence-corrected chi connectivity index (χ4v) is 2.85. The number of benzene rings is 1. The minimum atomic E-state index is -0.733. The zero-order chi connectivity index (χ0) is 12.4. The van der Waals surface area contributed by atoms with Crippen molar-refractivity contribution in [1.29, 1.82) is 0 Å². The van der Waals surface area contributed by atoms with E-state index in [0.717, 1.165) is 5.69 Å². The number of nitro groups is 1. The van der Waals surface area contributed by atoms with Crippen LogP contribution < -0.4 is 10.6 Å². The van der Waals surface area contributed by atoms with Gasteiger partial charge in [-0.1, -0.05) is 0 Å². The first-order valence-electron chi connectivity index (χ1n) is 5.22. The Balaban J connectivity index is 2.20. The van der Waals surface area contributed by atoms with E-state index in [1.807, 2.05) is 4.90 Å². The molecule has 0 bridgehead atoms. The van der Waals surface area contributed by atoms with Crippen molar-refractivity contribution >= 4 is 27.9 Å². The summed E-state index contributed by atoms with van der Waals surface area (Å²) in [5.74, 6) is 1.27. The highest BCUT2D eigenvalue weighted by Gasteiger charge is 2.18. The first-order valence-corrected chi connectivity index (χ1v) is 6.70. The molecule has 92 valence electrons. The van der Waals surface area contributed by atoms with Gasteiger partial charge in [0.2, 0.25) is 0 Å². The lowest BCUT2D eigenvalue weighted by molar-refractivity contribution is -0.383. The maximum atomic E-state index is 11.2. The molecule has 0 radical (unpaired) electrons. The summed E-state index contributed by atoms with van der Waals surface area (Å²) in [5, 5.41) is 10.6. The molecule has 2 N–H and O–H groups in total. The number of nitrogens with two attached hydrogens (primary N) is 1. The van der Waals surface area contributed by atoms with Crippen molar-refractivity contribution in [3.63, 3.8) is 0 Å². The summed E-state index contributed by atoms with van der Waals surface area (Å²) in [6.07, 6.45) is 0. The Bertz CT molecular complexity index is 468. The lowest BCUT2D eigenvalue weighted by Gasteiger charge is -2.28. The van der Waals surface area contributed by atoms with E-state index >= 15 is 0 Å². The molecule has 0 spiro atoms. The maximum Gasteiger partial charge on any atom is 0.292 e. The first-order chi connectivity index (χ1) is 8.08. The SMILES string of the molecule is Nc1cc(N2CCS(=O)CC2)ccc1[N+](=O)[O-]. The number of nitrogen functional groups attached to an aromatic ring is 1. The van der Waals surface area contributed by atoms with E-state index in [9.17, 15) is 14.3 Å². The Morgan fingerprint density at radius 3 is 2.53 bits per heavy atom. The average molecular weight is 255 g/mol. The minimum absolute atomic E-state index is 0.0747. The second-order valence-electron chi connectivity index (χ2n) is 3.84. The number of hydrogen-bond donors (Lipinski definition) is 1. The molecule has 2 rings (SSSR count). The van der Waals surface area contributed by atoms with Crippen molar-refractivity contribution in [3.05, 3.63) is 28.3 Å². The average Bonchev–Trinajstić information content (AvgIpc) is 2.29. The van der Waals surface area contributed by atoms with Crippen LogP contribution in [0.4, 0.5) is 17.1 Å². The van der Waals surface area contributed by atoms with Gasteiger partial charge < -0.3 is 10.6 Å². The second-order valence-corrected chi connectivity index (χ2v) is 5.53. The van der Waals surface area contributed by atoms with Crippen LogP contribution in [0.1, 0.15) is 0 Å². The molecule has 1 fully saturated rings. The molecule has 0 atom stereocenters. The van der Waals surface area contributed by atoms with Crippen LogP contribution in [0.15, 0.2) is 18.2 Å². The first kappa shape index (κ1) is 11.8. The maximum absolute atomic E-state index is 11.2. The van der Waals surface area contributed by atoms with Crippen LogP contribution in [0.3, 0.4) is 0 Å². The molecule has 1 heterocycles. The third-order valence-electron chi connectivity index (χ3n) is 2.75. The summed E-state index contributed by atoms with van der Waals surface area (Å²) in [4.78, 5) is 12.2. The molecule has 1 saturated heterocycles. The Kier molecular flexibility index (Phi) is 3.28. The zero-order valence-electron chi connectivity index (χ0n) is 9.17. The Labute approximate surface area is 101 Å². The smallest absolute Gasteiger partial charge is 0.292 e. The van der Waals surface area contributed by atoms with Gasteiger partial charge in [0.1, 0.15) is 5.69 Å². The molecular formula is C10H13N3O3S. The van der Waals surface area contributed by atoms with E-state index in [-0.39, 0.29) is 11.4 Å². The predicted octanol–water partition coefficient (Wildman–Crippen LogP) is 0.746. The van der Waals surface area contributed by atoms with Crippen LogP contribution in [0.2, 0.25) is 0 Å². The fourth-order valence-electron chi connectivity index (χ4n) is 1.80. The standard InChI is InChI=1S/C10H13N3O3S/c11-9-7-8(1-2-10(9)13(14)15)12-3-5-17(16)6-4-12/h1-2,7H,3-6,11H2. The van der Waals surface area contributed by atoms with Crippen molar-refractivity contribution in [2.45, 2.75) is 0 Å². The van der Waals surface area contributed by atoms with Gasteiger partial charge in [-0.2, -0.15) is 0 Å². The molecule has 1 aliphatic heterocycles. The predicted molar refractivity (Wildman–Crippen MR) is 67.6 cm³/mol. The fraction of sp³-hybridized carbons (Fsp3) is 0.400. The second kappa shape index (κ2) is 4.70. The van der Waals surface area contributed by atoms with Gasteiger partial charge in [0, 0.05) is 47.1 Å². The molecule has 1 aromatic carbocycles. The number of nitrogens with zero attached hydrogens (tertiary/aromatic N) is 2. The third-order valence-corrected chi connectivity index (χ3v) is 4.03.